The van der Waals surface area contributed by atoms with Gasteiger partial charge in [0.25, 0.3) is 5.69 Å². The second-order valence-electron chi connectivity index (χ2n) is 4.33. The van der Waals surface area contributed by atoms with Crippen molar-refractivity contribution in [3.63, 3.8) is 0 Å². The lowest BCUT2D eigenvalue weighted by molar-refractivity contribution is -0.384. The molecule has 0 radical (unpaired) electrons. The molecule has 0 saturated carbocycles. The summed E-state index contributed by atoms with van der Waals surface area (Å²) in [5.74, 6) is -0.637. The van der Waals surface area contributed by atoms with Gasteiger partial charge in [-0.3, -0.25) is 14.9 Å². The number of nitrogens with zero attached hydrogens (tertiary/aromatic N) is 1. The molecule has 2 N–H and O–H groups in total. The Kier molecular flexibility index (Phi) is 9.64. The Morgan fingerprint density at radius 2 is 1.70 bits per heavy atom. The van der Waals surface area contributed by atoms with Crippen molar-refractivity contribution < 1.29 is 19.9 Å². The zero-order valence-electron chi connectivity index (χ0n) is 11.6. The van der Waals surface area contributed by atoms with E-state index >= 15 is 0 Å². The molecule has 1 aromatic carbocycles. The maximum atomic E-state index is 10.0. The van der Waals surface area contributed by atoms with E-state index < -0.39 is 10.9 Å². The van der Waals surface area contributed by atoms with Crippen LogP contribution in [0.2, 0.25) is 0 Å². The Labute approximate surface area is 118 Å². The number of benzene rings is 1. The molecule has 6 heteroatoms. The molecule has 0 unspecified atom stereocenters. The van der Waals surface area contributed by atoms with Crippen LogP contribution in [-0.2, 0) is 4.79 Å². The number of carboxylic acids is 1. The van der Waals surface area contributed by atoms with E-state index in [1.54, 1.807) is 0 Å². The smallest absolute Gasteiger partial charge is 0.303 e. The van der Waals surface area contributed by atoms with Crippen molar-refractivity contribution in [3.05, 3.63) is 34.4 Å². The topological polar surface area (TPSA) is 101 Å². The van der Waals surface area contributed by atoms with Crippen LogP contribution in [0.25, 0.3) is 0 Å². The number of rotatable bonds is 7. The molecule has 0 aromatic heterocycles. The number of aromatic hydroxyl groups is 1. The van der Waals surface area contributed by atoms with Gasteiger partial charge < -0.3 is 10.2 Å². The lowest BCUT2D eigenvalue weighted by Gasteiger charge is -1.95. The van der Waals surface area contributed by atoms with Crippen molar-refractivity contribution >= 4 is 11.7 Å². The van der Waals surface area contributed by atoms with Gasteiger partial charge in [0.2, 0.25) is 0 Å². The highest BCUT2D eigenvalue weighted by molar-refractivity contribution is 5.66. The van der Waals surface area contributed by atoms with E-state index in [2.05, 4.69) is 6.92 Å². The minimum Gasteiger partial charge on any atom is -0.508 e. The summed E-state index contributed by atoms with van der Waals surface area (Å²) in [6.07, 6.45) is 5.88. The van der Waals surface area contributed by atoms with Gasteiger partial charge in [0, 0.05) is 18.6 Å². The van der Waals surface area contributed by atoms with E-state index in [4.69, 9.17) is 10.2 Å². The number of aliphatic carboxylic acids is 1. The third-order valence-electron chi connectivity index (χ3n) is 2.55. The van der Waals surface area contributed by atoms with Gasteiger partial charge >= 0.3 is 5.97 Å². The van der Waals surface area contributed by atoms with Crippen LogP contribution in [0.1, 0.15) is 45.4 Å². The first-order valence-electron chi connectivity index (χ1n) is 6.62. The Bertz CT molecular complexity index is 403. The molecular weight excluding hydrogens is 262 g/mol. The first-order chi connectivity index (χ1) is 9.47. The van der Waals surface area contributed by atoms with Crippen molar-refractivity contribution in [1.82, 2.24) is 0 Å². The van der Waals surface area contributed by atoms with Crippen LogP contribution < -0.4 is 0 Å². The van der Waals surface area contributed by atoms with Crippen molar-refractivity contribution in [2.45, 2.75) is 45.4 Å². The van der Waals surface area contributed by atoms with Crippen LogP contribution in [0.15, 0.2) is 24.3 Å². The molecule has 0 spiro atoms. The molecule has 0 saturated heterocycles. The molecule has 1 aromatic rings. The predicted octanol–water partition coefficient (Wildman–Crippen LogP) is 3.73. The number of non-ortho nitro benzene ring substituents is 1. The molecule has 0 aliphatic carbocycles. The maximum absolute atomic E-state index is 10.0. The number of hydrogen-bond donors (Lipinski definition) is 2. The van der Waals surface area contributed by atoms with E-state index in [-0.39, 0.29) is 11.4 Å². The first-order valence-corrected chi connectivity index (χ1v) is 6.62. The Hall–Kier alpha value is -2.11. The van der Waals surface area contributed by atoms with Crippen molar-refractivity contribution in [2.24, 2.45) is 0 Å². The summed E-state index contributed by atoms with van der Waals surface area (Å²) >= 11 is 0. The number of carbonyl (C=O) groups is 1. The van der Waals surface area contributed by atoms with Crippen molar-refractivity contribution in [2.75, 3.05) is 0 Å². The van der Waals surface area contributed by atoms with E-state index in [0.717, 1.165) is 12.8 Å². The van der Waals surface area contributed by atoms with Crippen LogP contribution in [0.4, 0.5) is 5.69 Å². The second kappa shape index (κ2) is 10.8. The summed E-state index contributed by atoms with van der Waals surface area (Å²) in [6, 6.07) is 5.04. The van der Waals surface area contributed by atoms with Gasteiger partial charge in [-0.1, -0.05) is 32.6 Å². The zero-order chi connectivity index (χ0) is 15.4. The van der Waals surface area contributed by atoms with Crippen LogP contribution >= 0.6 is 0 Å². The van der Waals surface area contributed by atoms with Gasteiger partial charge in [-0.05, 0) is 18.6 Å². The number of phenolic OH excluding ortho intramolecular Hbond substituents is 1. The molecule has 0 aliphatic rings. The van der Waals surface area contributed by atoms with Gasteiger partial charge in [0.05, 0.1) is 4.92 Å². The monoisotopic (exact) mass is 283 g/mol. The maximum Gasteiger partial charge on any atom is 0.303 e. The summed E-state index contributed by atoms with van der Waals surface area (Å²) in [5.41, 5.74) is -0.0159. The molecule has 6 nitrogen and oxygen atoms in total. The fourth-order valence-electron chi connectivity index (χ4n) is 1.45. The molecule has 0 fully saturated rings. The summed E-state index contributed by atoms with van der Waals surface area (Å²) in [7, 11) is 0. The quantitative estimate of drug-likeness (QED) is 0.451. The van der Waals surface area contributed by atoms with E-state index in [9.17, 15) is 14.9 Å². The second-order valence-corrected chi connectivity index (χ2v) is 4.33. The molecule has 0 amide bonds. The molecule has 0 heterocycles. The third kappa shape index (κ3) is 9.87. The number of nitro groups is 1. The first kappa shape index (κ1) is 17.9. The normalized spacial score (nSPS) is 9.45. The third-order valence-corrected chi connectivity index (χ3v) is 2.55. The lowest BCUT2D eigenvalue weighted by Crippen LogP contribution is -1.93. The summed E-state index contributed by atoms with van der Waals surface area (Å²) < 4.78 is 0. The Morgan fingerprint density at radius 1 is 1.15 bits per heavy atom. The van der Waals surface area contributed by atoms with Gasteiger partial charge in [0.1, 0.15) is 5.75 Å². The van der Waals surface area contributed by atoms with Crippen LogP contribution in [0, 0.1) is 10.1 Å². The van der Waals surface area contributed by atoms with Crippen LogP contribution in [0.5, 0.6) is 5.75 Å². The summed E-state index contributed by atoms with van der Waals surface area (Å²) in [4.78, 5) is 19.6. The molecule has 0 bridgehead atoms. The minimum atomic E-state index is -0.670. The van der Waals surface area contributed by atoms with Crippen molar-refractivity contribution in [3.8, 4) is 5.75 Å². The number of carboxylic acid groups (broad SMARTS) is 1. The number of phenols is 1. The van der Waals surface area contributed by atoms with E-state index in [0.29, 0.717) is 6.42 Å². The van der Waals surface area contributed by atoms with Crippen LogP contribution in [0.3, 0.4) is 0 Å². The highest BCUT2D eigenvalue weighted by Gasteiger charge is 2.01. The average Bonchev–Trinajstić information content (AvgIpc) is 2.39. The lowest BCUT2D eigenvalue weighted by atomic mass is 10.1. The fraction of sp³-hybridized carbons (Fsp3) is 0.500. The Morgan fingerprint density at radius 3 is 2.15 bits per heavy atom. The highest BCUT2D eigenvalue weighted by Crippen LogP contribution is 2.14. The molecule has 1 rings (SSSR count). The predicted molar refractivity (Wildman–Crippen MR) is 75.8 cm³/mol. The minimum absolute atomic E-state index is 0.0159. The molecule has 20 heavy (non-hydrogen) atoms. The fourth-order valence-corrected chi connectivity index (χ4v) is 1.45. The van der Waals surface area contributed by atoms with Gasteiger partial charge in [-0.2, -0.15) is 0 Å². The zero-order valence-corrected chi connectivity index (χ0v) is 11.6. The van der Waals surface area contributed by atoms with Crippen LogP contribution in [-0.4, -0.2) is 21.1 Å². The van der Waals surface area contributed by atoms with E-state index in [1.807, 2.05) is 0 Å². The largest absolute Gasteiger partial charge is 0.508 e. The standard InChI is InChI=1S/C8H16O2.C6H5NO3/c1-2-3-4-5-6-7-8(9)10;8-6-3-1-5(2-4-6)7(9)10/h2-7H2,1H3,(H,9,10);1-4,8H. The highest BCUT2D eigenvalue weighted by atomic mass is 16.6. The van der Waals surface area contributed by atoms with Gasteiger partial charge in [0.15, 0.2) is 0 Å². The number of unbranched alkanes of at least 4 members (excludes halogenated alkanes) is 4. The SMILES string of the molecule is CCCCCCCC(=O)O.O=[N+]([O-])c1ccc(O)cc1. The summed E-state index contributed by atoms with van der Waals surface area (Å²) in [6.45, 7) is 2.15. The number of hydrogen-bond acceptors (Lipinski definition) is 4. The van der Waals surface area contributed by atoms with Crippen molar-refractivity contribution in [1.29, 1.82) is 0 Å². The number of nitro benzene ring substituents is 1. The average molecular weight is 283 g/mol. The Balaban J connectivity index is 0.000000361. The molecular formula is C14H21NO5. The van der Waals surface area contributed by atoms with Gasteiger partial charge in [-0.15, -0.1) is 0 Å². The van der Waals surface area contributed by atoms with Gasteiger partial charge in [-0.25, -0.2) is 0 Å². The molecule has 0 atom stereocenters. The summed E-state index contributed by atoms with van der Waals surface area (Å²) in [5, 5.41) is 27.0. The molecule has 112 valence electrons. The molecule has 0 aliphatic heterocycles. The van der Waals surface area contributed by atoms with E-state index in [1.165, 1.54) is 43.5 Å².